The van der Waals surface area contributed by atoms with Crippen molar-refractivity contribution in [2.24, 2.45) is 0 Å². The Morgan fingerprint density at radius 1 is 1.40 bits per heavy atom. The molecule has 0 amide bonds. The largest absolute Gasteiger partial charge is 0.504 e. The van der Waals surface area contributed by atoms with E-state index in [0.29, 0.717) is 12.4 Å². The molecule has 0 atom stereocenters. The lowest BCUT2D eigenvalue weighted by Crippen LogP contribution is -1.98. The van der Waals surface area contributed by atoms with E-state index in [1.54, 1.807) is 30.0 Å². The molecule has 1 N–H and O–H groups in total. The van der Waals surface area contributed by atoms with Gasteiger partial charge in [-0.15, -0.1) is 0 Å². The minimum absolute atomic E-state index is 0.133. The van der Waals surface area contributed by atoms with Gasteiger partial charge in [0.05, 0.1) is 13.7 Å². The third-order valence-corrected chi connectivity index (χ3v) is 2.61. The summed E-state index contributed by atoms with van der Waals surface area (Å²) < 4.78 is 10.5. The average molecular weight is 228 g/mol. The van der Waals surface area contributed by atoms with Gasteiger partial charge in [0.25, 0.3) is 0 Å². The Bertz CT molecular complexity index is 302. The second-order valence-corrected chi connectivity index (χ2v) is 4.01. The first kappa shape index (κ1) is 12.0. The van der Waals surface area contributed by atoms with Crippen LogP contribution in [0.1, 0.15) is 6.42 Å². The second-order valence-electron chi connectivity index (χ2n) is 3.03. The Morgan fingerprint density at radius 2 is 2.20 bits per heavy atom. The third-order valence-electron chi connectivity index (χ3n) is 1.91. The van der Waals surface area contributed by atoms with Crippen molar-refractivity contribution in [1.29, 1.82) is 0 Å². The number of methoxy groups -OCH3 is 1. The van der Waals surface area contributed by atoms with Crippen molar-refractivity contribution in [2.45, 2.75) is 6.42 Å². The van der Waals surface area contributed by atoms with E-state index in [2.05, 4.69) is 6.26 Å². The van der Waals surface area contributed by atoms with E-state index in [4.69, 9.17) is 9.47 Å². The van der Waals surface area contributed by atoms with Gasteiger partial charge < -0.3 is 14.6 Å². The van der Waals surface area contributed by atoms with Crippen LogP contribution in [-0.4, -0.2) is 30.8 Å². The van der Waals surface area contributed by atoms with E-state index in [1.165, 1.54) is 7.11 Å². The van der Waals surface area contributed by atoms with E-state index in [-0.39, 0.29) is 5.75 Å². The molecule has 0 saturated heterocycles. The summed E-state index contributed by atoms with van der Waals surface area (Å²) in [6.45, 7) is 0.689. The summed E-state index contributed by atoms with van der Waals surface area (Å²) in [4.78, 5) is 0. The fourth-order valence-electron chi connectivity index (χ4n) is 1.14. The first-order valence-corrected chi connectivity index (χ1v) is 6.16. The highest BCUT2D eigenvalue weighted by Crippen LogP contribution is 2.29. The van der Waals surface area contributed by atoms with Crippen molar-refractivity contribution < 1.29 is 14.6 Å². The zero-order valence-corrected chi connectivity index (χ0v) is 9.84. The summed E-state index contributed by atoms with van der Waals surface area (Å²) in [7, 11) is 1.52. The average Bonchev–Trinajstić information content (AvgIpc) is 2.26. The first-order valence-electron chi connectivity index (χ1n) is 4.76. The summed E-state index contributed by atoms with van der Waals surface area (Å²) in [5.74, 6) is 2.40. The highest BCUT2D eigenvalue weighted by atomic mass is 32.2. The van der Waals surface area contributed by atoms with Crippen molar-refractivity contribution >= 4 is 11.8 Å². The Kier molecular flexibility index (Phi) is 5.18. The van der Waals surface area contributed by atoms with E-state index in [1.807, 2.05) is 0 Å². The molecule has 0 saturated carbocycles. The molecule has 0 aliphatic carbocycles. The lowest BCUT2D eigenvalue weighted by atomic mass is 10.3. The minimum Gasteiger partial charge on any atom is -0.504 e. The highest BCUT2D eigenvalue weighted by molar-refractivity contribution is 7.98. The highest BCUT2D eigenvalue weighted by Gasteiger charge is 2.02. The number of aromatic hydroxyl groups is 1. The molecule has 0 unspecified atom stereocenters. The molecule has 1 aromatic carbocycles. The van der Waals surface area contributed by atoms with Crippen LogP contribution in [-0.2, 0) is 0 Å². The predicted octanol–water partition coefficient (Wildman–Crippen LogP) is 2.53. The van der Waals surface area contributed by atoms with Crippen molar-refractivity contribution in [3.63, 3.8) is 0 Å². The van der Waals surface area contributed by atoms with Crippen LogP contribution in [0.3, 0.4) is 0 Å². The number of rotatable bonds is 6. The molecule has 0 aliphatic rings. The lowest BCUT2D eigenvalue weighted by Gasteiger charge is -2.08. The zero-order valence-electron chi connectivity index (χ0n) is 9.03. The predicted molar refractivity (Wildman–Crippen MR) is 63.2 cm³/mol. The number of phenols is 1. The van der Waals surface area contributed by atoms with Crippen LogP contribution >= 0.6 is 11.8 Å². The maximum absolute atomic E-state index is 9.36. The number of benzene rings is 1. The molecule has 15 heavy (non-hydrogen) atoms. The molecule has 1 rings (SSSR count). The molecular weight excluding hydrogens is 212 g/mol. The Balaban J connectivity index is 2.47. The van der Waals surface area contributed by atoms with Crippen LogP contribution in [0.2, 0.25) is 0 Å². The number of hydrogen-bond donors (Lipinski definition) is 1. The Morgan fingerprint density at radius 3 is 2.87 bits per heavy atom. The zero-order chi connectivity index (χ0) is 11.1. The van der Waals surface area contributed by atoms with E-state index in [0.717, 1.165) is 17.9 Å². The Labute approximate surface area is 94.4 Å². The summed E-state index contributed by atoms with van der Waals surface area (Å²) >= 11 is 1.80. The van der Waals surface area contributed by atoms with Crippen LogP contribution < -0.4 is 9.47 Å². The summed E-state index contributed by atoms with van der Waals surface area (Å²) in [5.41, 5.74) is 0. The molecule has 0 heterocycles. The first-order chi connectivity index (χ1) is 7.27. The minimum atomic E-state index is 0.133. The smallest absolute Gasteiger partial charge is 0.164 e. The van der Waals surface area contributed by atoms with Gasteiger partial charge in [0.1, 0.15) is 5.75 Å². The maximum atomic E-state index is 9.36. The summed E-state index contributed by atoms with van der Waals surface area (Å²) in [6, 6.07) is 4.99. The van der Waals surface area contributed by atoms with Crippen LogP contribution in [0.25, 0.3) is 0 Å². The molecule has 0 spiro atoms. The van der Waals surface area contributed by atoms with Gasteiger partial charge in [0.2, 0.25) is 0 Å². The van der Waals surface area contributed by atoms with Crippen molar-refractivity contribution in [1.82, 2.24) is 0 Å². The van der Waals surface area contributed by atoms with Crippen LogP contribution in [0, 0.1) is 0 Å². The van der Waals surface area contributed by atoms with Crippen molar-refractivity contribution in [2.75, 3.05) is 25.7 Å². The molecule has 0 radical (unpaired) electrons. The molecule has 84 valence electrons. The van der Waals surface area contributed by atoms with Crippen LogP contribution in [0.5, 0.6) is 17.2 Å². The number of thioether (sulfide) groups is 1. The number of phenolic OH excluding ortho intramolecular Hbond substituents is 1. The SMILES string of the molecule is COc1cc(OCCCSC)ccc1O. The van der Waals surface area contributed by atoms with Gasteiger partial charge in [0.15, 0.2) is 11.5 Å². The van der Waals surface area contributed by atoms with Gasteiger partial charge in [-0.2, -0.15) is 11.8 Å². The molecule has 4 heteroatoms. The summed E-state index contributed by atoms with van der Waals surface area (Å²) in [6.07, 6.45) is 3.09. The topological polar surface area (TPSA) is 38.7 Å². The van der Waals surface area contributed by atoms with E-state index in [9.17, 15) is 5.11 Å². The van der Waals surface area contributed by atoms with Crippen molar-refractivity contribution in [3.8, 4) is 17.2 Å². The molecular formula is C11H16O3S. The number of ether oxygens (including phenoxy) is 2. The van der Waals surface area contributed by atoms with Gasteiger partial charge in [-0.05, 0) is 30.6 Å². The molecule has 0 aliphatic heterocycles. The maximum Gasteiger partial charge on any atom is 0.164 e. The van der Waals surface area contributed by atoms with Crippen molar-refractivity contribution in [3.05, 3.63) is 18.2 Å². The monoisotopic (exact) mass is 228 g/mol. The van der Waals surface area contributed by atoms with Gasteiger partial charge in [-0.25, -0.2) is 0 Å². The van der Waals surface area contributed by atoms with Gasteiger partial charge >= 0.3 is 0 Å². The molecule has 1 aromatic rings. The van der Waals surface area contributed by atoms with Crippen LogP contribution in [0.4, 0.5) is 0 Å². The van der Waals surface area contributed by atoms with Crippen LogP contribution in [0.15, 0.2) is 18.2 Å². The number of hydrogen-bond acceptors (Lipinski definition) is 4. The molecule has 3 nitrogen and oxygen atoms in total. The molecule has 0 bridgehead atoms. The van der Waals surface area contributed by atoms with Gasteiger partial charge in [-0.1, -0.05) is 0 Å². The fraction of sp³-hybridized carbons (Fsp3) is 0.455. The normalized spacial score (nSPS) is 10.0. The second kappa shape index (κ2) is 6.45. The fourth-order valence-corrected chi connectivity index (χ4v) is 1.55. The van der Waals surface area contributed by atoms with Gasteiger partial charge in [0, 0.05) is 6.07 Å². The summed E-state index contributed by atoms with van der Waals surface area (Å²) in [5, 5.41) is 9.36. The van der Waals surface area contributed by atoms with E-state index >= 15 is 0 Å². The lowest BCUT2D eigenvalue weighted by molar-refractivity contribution is 0.313. The third kappa shape index (κ3) is 3.91. The van der Waals surface area contributed by atoms with Gasteiger partial charge in [-0.3, -0.25) is 0 Å². The quantitative estimate of drug-likeness (QED) is 0.759. The standard InChI is InChI=1S/C11H16O3S/c1-13-11-8-9(4-5-10(11)12)14-6-3-7-15-2/h4-5,8,12H,3,6-7H2,1-2H3. The van der Waals surface area contributed by atoms with E-state index < -0.39 is 0 Å². The molecule has 0 fully saturated rings. The Hall–Kier alpha value is -1.03. The molecule has 0 aromatic heterocycles.